The molecule has 122 valence electrons. The van der Waals surface area contributed by atoms with Crippen molar-refractivity contribution < 1.29 is 13.9 Å². The highest BCUT2D eigenvalue weighted by molar-refractivity contribution is 6.06. The number of ether oxygens (including phenoxy) is 1. The molecule has 0 radical (unpaired) electrons. The Morgan fingerprint density at radius 3 is 2.52 bits per heavy atom. The summed E-state index contributed by atoms with van der Waals surface area (Å²) in [4.78, 5) is 14.1. The third kappa shape index (κ3) is 2.16. The lowest BCUT2D eigenvalue weighted by Gasteiger charge is -2.47. The Bertz CT molecular complexity index is 759. The molecule has 1 aromatic carbocycles. The van der Waals surface area contributed by atoms with Crippen molar-refractivity contribution in [3.8, 4) is 0 Å². The molecule has 2 unspecified atom stereocenters. The van der Waals surface area contributed by atoms with E-state index in [0.29, 0.717) is 18.6 Å². The molecule has 2 aliphatic heterocycles. The molecule has 6 heteroatoms. The predicted molar refractivity (Wildman–Crippen MR) is 84.8 cm³/mol. The molecule has 2 fully saturated rings. The van der Waals surface area contributed by atoms with Gasteiger partial charge in [-0.15, -0.1) is 0 Å². The average Bonchev–Trinajstić information content (AvgIpc) is 2.79. The first-order valence-electron chi connectivity index (χ1n) is 7.95. The van der Waals surface area contributed by atoms with Gasteiger partial charge in [-0.1, -0.05) is 18.2 Å². The smallest absolute Gasteiger partial charge is 0.253 e. The Morgan fingerprint density at radius 2 is 1.87 bits per heavy atom. The van der Waals surface area contributed by atoms with Crippen LogP contribution in [0.1, 0.15) is 29.2 Å². The molecule has 23 heavy (non-hydrogen) atoms. The second-order valence-electron chi connectivity index (χ2n) is 6.55. The molecule has 2 atom stereocenters. The third-order valence-corrected chi connectivity index (χ3v) is 5.32. The number of morpholine rings is 1. The van der Waals surface area contributed by atoms with E-state index in [-0.39, 0.29) is 23.7 Å². The highest BCUT2D eigenvalue weighted by Gasteiger charge is 2.39. The standard InChI is InChI=1S/C17H20FN3O2/c1-20-11-6-10(7-12(20)9-23-8-11)21-14-5-3-2-4-13(14)15(16(21)18)17(19)22/h2-5,10-12H,6-9H2,1H3,(H2,19,22). The highest BCUT2D eigenvalue weighted by atomic mass is 19.1. The summed E-state index contributed by atoms with van der Waals surface area (Å²) in [5.41, 5.74) is 6.16. The SMILES string of the molecule is CN1C2COCC1CC(n1c(F)c(C(N)=O)c3ccccc31)C2. The van der Waals surface area contributed by atoms with E-state index in [1.165, 1.54) is 0 Å². The van der Waals surface area contributed by atoms with Crippen LogP contribution in [0.4, 0.5) is 4.39 Å². The van der Waals surface area contributed by atoms with Gasteiger partial charge in [0.25, 0.3) is 5.91 Å². The van der Waals surface area contributed by atoms with Crippen LogP contribution in [-0.2, 0) is 4.74 Å². The quantitative estimate of drug-likeness (QED) is 0.920. The number of rotatable bonds is 2. The van der Waals surface area contributed by atoms with Crippen LogP contribution in [0, 0.1) is 5.95 Å². The lowest BCUT2D eigenvalue weighted by molar-refractivity contribution is -0.0728. The number of primary amides is 1. The lowest BCUT2D eigenvalue weighted by atomic mass is 9.90. The zero-order valence-electron chi connectivity index (χ0n) is 13.0. The maximum atomic E-state index is 15.0. The molecule has 2 bridgehead atoms. The number of fused-ring (bicyclic) bond motifs is 3. The van der Waals surface area contributed by atoms with Crippen LogP contribution in [0.5, 0.6) is 0 Å². The summed E-state index contributed by atoms with van der Waals surface area (Å²) < 4.78 is 22.3. The molecule has 1 amide bonds. The molecule has 2 aliphatic rings. The molecule has 2 saturated heterocycles. The normalized spacial score (nSPS) is 28.2. The van der Waals surface area contributed by atoms with Gasteiger partial charge in [0.05, 0.1) is 18.7 Å². The van der Waals surface area contributed by atoms with E-state index >= 15 is 4.39 Å². The number of para-hydroxylation sites is 1. The van der Waals surface area contributed by atoms with Crippen LogP contribution in [0.15, 0.2) is 24.3 Å². The van der Waals surface area contributed by atoms with Crippen molar-refractivity contribution in [2.75, 3.05) is 20.3 Å². The van der Waals surface area contributed by atoms with Gasteiger partial charge < -0.3 is 15.0 Å². The van der Waals surface area contributed by atoms with Gasteiger partial charge in [-0.2, -0.15) is 4.39 Å². The zero-order chi connectivity index (χ0) is 16.1. The topological polar surface area (TPSA) is 60.5 Å². The zero-order valence-corrected chi connectivity index (χ0v) is 13.0. The molecule has 2 N–H and O–H groups in total. The van der Waals surface area contributed by atoms with E-state index in [2.05, 4.69) is 11.9 Å². The summed E-state index contributed by atoms with van der Waals surface area (Å²) in [6, 6.07) is 7.86. The molecule has 0 aliphatic carbocycles. The Kier molecular flexibility index (Phi) is 3.39. The maximum absolute atomic E-state index is 15.0. The summed E-state index contributed by atoms with van der Waals surface area (Å²) >= 11 is 0. The Morgan fingerprint density at radius 1 is 1.22 bits per heavy atom. The molecule has 5 nitrogen and oxygen atoms in total. The van der Waals surface area contributed by atoms with E-state index in [1.807, 2.05) is 12.1 Å². The number of amides is 1. The van der Waals surface area contributed by atoms with Crippen LogP contribution >= 0.6 is 0 Å². The average molecular weight is 317 g/mol. The number of hydrogen-bond acceptors (Lipinski definition) is 3. The van der Waals surface area contributed by atoms with Gasteiger partial charge in [-0.05, 0) is 26.0 Å². The van der Waals surface area contributed by atoms with Crippen molar-refractivity contribution in [3.05, 3.63) is 35.8 Å². The lowest BCUT2D eigenvalue weighted by Crippen LogP contribution is -2.55. The maximum Gasteiger partial charge on any atom is 0.253 e. The molecule has 0 saturated carbocycles. The first-order chi connectivity index (χ1) is 11.1. The number of carbonyl (C=O) groups excluding carboxylic acids is 1. The fourth-order valence-corrected chi connectivity index (χ4v) is 4.10. The summed E-state index contributed by atoms with van der Waals surface area (Å²) in [6.45, 7) is 1.35. The van der Waals surface area contributed by atoms with E-state index in [9.17, 15) is 4.79 Å². The summed E-state index contributed by atoms with van der Waals surface area (Å²) in [5, 5.41) is 0.595. The highest BCUT2D eigenvalue weighted by Crippen LogP contribution is 2.38. The van der Waals surface area contributed by atoms with E-state index in [1.54, 1.807) is 16.7 Å². The van der Waals surface area contributed by atoms with E-state index < -0.39 is 11.9 Å². The van der Waals surface area contributed by atoms with Gasteiger partial charge in [0.2, 0.25) is 5.95 Å². The molecule has 1 aromatic heterocycles. The number of nitrogens with two attached hydrogens (primary N) is 1. The minimum Gasteiger partial charge on any atom is -0.378 e. The van der Waals surface area contributed by atoms with Gasteiger partial charge in [-0.25, -0.2) is 0 Å². The molecule has 3 heterocycles. The largest absolute Gasteiger partial charge is 0.378 e. The predicted octanol–water partition coefficient (Wildman–Crippen LogP) is 1.91. The molecule has 2 aromatic rings. The van der Waals surface area contributed by atoms with Crippen molar-refractivity contribution in [3.63, 3.8) is 0 Å². The molecular weight excluding hydrogens is 297 g/mol. The molecule has 0 spiro atoms. The summed E-state index contributed by atoms with van der Waals surface area (Å²) in [5.74, 6) is -1.22. The van der Waals surface area contributed by atoms with Gasteiger partial charge in [0, 0.05) is 23.5 Å². The van der Waals surface area contributed by atoms with Crippen LogP contribution in [0.25, 0.3) is 10.9 Å². The van der Waals surface area contributed by atoms with Gasteiger partial charge in [0.1, 0.15) is 5.56 Å². The Balaban J connectivity index is 1.83. The first-order valence-corrected chi connectivity index (χ1v) is 7.95. The number of piperidine rings is 1. The van der Waals surface area contributed by atoms with E-state index in [4.69, 9.17) is 10.5 Å². The summed E-state index contributed by atoms with van der Waals surface area (Å²) in [7, 11) is 2.10. The van der Waals surface area contributed by atoms with Crippen molar-refractivity contribution in [1.29, 1.82) is 0 Å². The molecular formula is C17H20FN3O2. The first kappa shape index (κ1) is 14.7. The van der Waals surface area contributed by atoms with Crippen molar-refractivity contribution >= 4 is 16.8 Å². The Hall–Kier alpha value is -1.92. The van der Waals surface area contributed by atoms with Crippen molar-refractivity contribution in [1.82, 2.24) is 9.47 Å². The number of hydrogen-bond donors (Lipinski definition) is 1. The van der Waals surface area contributed by atoms with E-state index in [0.717, 1.165) is 18.4 Å². The number of likely N-dealkylation sites (N-methyl/N-ethyl adjacent to an activating group) is 1. The third-order valence-electron chi connectivity index (χ3n) is 5.32. The number of aromatic nitrogens is 1. The number of benzene rings is 1. The number of halogens is 1. The van der Waals surface area contributed by atoms with Crippen molar-refractivity contribution in [2.24, 2.45) is 5.73 Å². The monoisotopic (exact) mass is 317 g/mol. The minimum absolute atomic E-state index is 0.000868. The Labute approximate surface area is 133 Å². The van der Waals surface area contributed by atoms with Crippen molar-refractivity contribution in [2.45, 2.75) is 31.0 Å². The molecule has 4 rings (SSSR count). The second kappa shape index (κ2) is 5.32. The summed E-state index contributed by atoms with van der Waals surface area (Å²) in [6.07, 6.45) is 1.61. The number of carbonyl (C=O) groups is 1. The van der Waals surface area contributed by atoms with Crippen LogP contribution in [-0.4, -0.2) is 47.7 Å². The fourth-order valence-electron chi connectivity index (χ4n) is 4.10. The van der Waals surface area contributed by atoms with Crippen LogP contribution in [0.2, 0.25) is 0 Å². The second-order valence-corrected chi connectivity index (χ2v) is 6.55. The van der Waals surface area contributed by atoms with Crippen LogP contribution in [0.3, 0.4) is 0 Å². The fraction of sp³-hybridized carbons (Fsp3) is 0.471. The van der Waals surface area contributed by atoms with Crippen LogP contribution < -0.4 is 5.73 Å². The number of nitrogens with zero attached hydrogens (tertiary/aromatic N) is 2. The minimum atomic E-state index is -0.714. The van der Waals surface area contributed by atoms with Gasteiger partial charge in [0.15, 0.2) is 0 Å². The van der Waals surface area contributed by atoms with Gasteiger partial charge in [-0.3, -0.25) is 9.69 Å². The van der Waals surface area contributed by atoms with Gasteiger partial charge >= 0.3 is 0 Å².